The Bertz CT molecular complexity index is 821. The van der Waals surface area contributed by atoms with Gasteiger partial charge < -0.3 is 4.90 Å². The molecule has 3 aliphatic rings. The Hall–Kier alpha value is -1.45. The molecule has 0 aromatic carbocycles. The second kappa shape index (κ2) is 7.18. The predicted molar refractivity (Wildman–Crippen MR) is 101 cm³/mol. The first-order valence-electron chi connectivity index (χ1n) is 9.89. The van der Waals surface area contributed by atoms with E-state index in [2.05, 4.69) is 10.00 Å². The molecule has 0 N–H and O–H groups in total. The molecule has 0 unspecified atom stereocenters. The summed E-state index contributed by atoms with van der Waals surface area (Å²) >= 11 is 0. The Labute approximate surface area is 161 Å². The normalized spacial score (nSPS) is 27.7. The van der Waals surface area contributed by atoms with Crippen molar-refractivity contribution in [3.8, 4) is 0 Å². The first-order valence-corrected chi connectivity index (χ1v) is 11.3. The number of sulfonamides is 1. The van der Waals surface area contributed by atoms with Gasteiger partial charge in [0.15, 0.2) is 0 Å². The van der Waals surface area contributed by atoms with Crippen molar-refractivity contribution in [3.63, 3.8) is 0 Å². The summed E-state index contributed by atoms with van der Waals surface area (Å²) in [5.74, 6) is -0.109. The summed E-state index contributed by atoms with van der Waals surface area (Å²) in [7, 11) is -1.88. The van der Waals surface area contributed by atoms with E-state index >= 15 is 0 Å². The Kier molecular flexibility index (Phi) is 5.02. The van der Waals surface area contributed by atoms with Gasteiger partial charge in [0, 0.05) is 45.8 Å². The minimum absolute atomic E-state index is 0.129. The number of carbonyl (C=O) groups is 1. The summed E-state index contributed by atoms with van der Waals surface area (Å²) in [5.41, 5.74) is 0.626. The first kappa shape index (κ1) is 18.9. The van der Waals surface area contributed by atoms with Crippen LogP contribution in [0.1, 0.15) is 31.4 Å². The van der Waals surface area contributed by atoms with E-state index in [9.17, 15) is 13.2 Å². The van der Waals surface area contributed by atoms with Gasteiger partial charge in [-0.2, -0.15) is 9.40 Å². The molecule has 3 saturated heterocycles. The number of aryl methyl sites for hydroxylation is 1. The second-order valence-electron chi connectivity index (χ2n) is 8.04. The lowest BCUT2D eigenvalue weighted by molar-refractivity contribution is -0.139. The zero-order chi connectivity index (χ0) is 19.2. The van der Waals surface area contributed by atoms with Crippen LogP contribution in [0.15, 0.2) is 11.1 Å². The third-order valence-corrected chi connectivity index (χ3v) is 8.41. The maximum absolute atomic E-state index is 13.1. The summed E-state index contributed by atoms with van der Waals surface area (Å²) in [4.78, 5) is 17.8. The molecular formula is C18H29N5O3S. The van der Waals surface area contributed by atoms with Crippen LogP contribution in [0.5, 0.6) is 0 Å². The van der Waals surface area contributed by atoms with Crippen molar-refractivity contribution in [2.75, 3.05) is 39.3 Å². The topological polar surface area (TPSA) is 78.8 Å². The molecular weight excluding hydrogens is 366 g/mol. The first-order chi connectivity index (χ1) is 12.9. The molecule has 0 radical (unpaired) electrons. The predicted octanol–water partition coefficient (Wildman–Crippen LogP) is 0.436. The highest BCUT2D eigenvalue weighted by Crippen LogP contribution is 2.28. The molecule has 4 heterocycles. The third kappa shape index (κ3) is 3.40. The van der Waals surface area contributed by atoms with E-state index in [0.717, 1.165) is 45.4 Å². The number of carbonyl (C=O) groups excluding carboxylic acids is 1. The van der Waals surface area contributed by atoms with E-state index in [1.807, 2.05) is 4.90 Å². The van der Waals surface area contributed by atoms with Crippen LogP contribution in [-0.4, -0.2) is 83.5 Å². The number of hydrogen-bond donors (Lipinski definition) is 0. The molecule has 0 aliphatic carbocycles. The van der Waals surface area contributed by atoms with Crippen LogP contribution in [0.4, 0.5) is 0 Å². The van der Waals surface area contributed by atoms with Gasteiger partial charge in [-0.25, -0.2) is 8.42 Å². The highest BCUT2D eigenvalue weighted by Gasteiger charge is 2.39. The van der Waals surface area contributed by atoms with Crippen molar-refractivity contribution in [3.05, 3.63) is 11.9 Å². The average molecular weight is 396 g/mol. The van der Waals surface area contributed by atoms with Gasteiger partial charge in [-0.05, 0) is 39.2 Å². The molecule has 0 bridgehead atoms. The third-order valence-electron chi connectivity index (χ3n) is 6.44. The molecule has 150 valence electrons. The zero-order valence-electron chi connectivity index (χ0n) is 16.2. The molecule has 1 aromatic heterocycles. The second-order valence-corrected chi connectivity index (χ2v) is 9.94. The molecule has 27 heavy (non-hydrogen) atoms. The molecule has 3 aliphatic heterocycles. The molecule has 8 nitrogen and oxygen atoms in total. The highest BCUT2D eigenvalue weighted by molar-refractivity contribution is 7.89. The molecule has 3 fully saturated rings. The van der Waals surface area contributed by atoms with Crippen molar-refractivity contribution in [2.24, 2.45) is 13.0 Å². The van der Waals surface area contributed by atoms with Crippen molar-refractivity contribution in [1.82, 2.24) is 23.9 Å². The van der Waals surface area contributed by atoms with Gasteiger partial charge in [-0.1, -0.05) is 0 Å². The quantitative estimate of drug-likeness (QED) is 0.742. The maximum atomic E-state index is 13.1. The number of aromatic nitrogens is 2. The van der Waals surface area contributed by atoms with Crippen molar-refractivity contribution >= 4 is 15.9 Å². The molecule has 0 spiro atoms. The molecule has 9 heteroatoms. The fourth-order valence-corrected chi connectivity index (χ4v) is 6.39. The van der Waals surface area contributed by atoms with Gasteiger partial charge in [-0.3, -0.25) is 14.4 Å². The largest absolute Gasteiger partial charge is 0.340 e. The van der Waals surface area contributed by atoms with Crippen LogP contribution in [0.3, 0.4) is 0 Å². The SMILES string of the molecule is Cc1c(S(=O)(=O)N2CCC[C@H](C(=O)N3CCN4CCC[C@@H]4C3)C2)cnn1C. The van der Waals surface area contributed by atoms with E-state index < -0.39 is 10.0 Å². The van der Waals surface area contributed by atoms with E-state index in [-0.39, 0.29) is 23.3 Å². The fourth-order valence-electron chi connectivity index (χ4n) is 4.68. The number of fused-ring (bicyclic) bond motifs is 1. The Morgan fingerprint density at radius 3 is 2.63 bits per heavy atom. The molecule has 1 amide bonds. The smallest absolute Gasteiger partial charge is 0.246 e. The molecule has 0 saturated carbocycles. The fraction of sp³-hybridized carbons (Fsp3) is 0.778. The van der Waals surface area contributed by atoms with E-state index in [1.54, 1.807) is 18.7 Å². The van der Waals surface area contributed by atoms with Crippen LogP contribution in [0.2, 0.25) is 0 Å². The summed E-state index contributed by atoms with van der Waals surface area (Å²) in [6.45, 7) is 6.15. The number of nitrogens with zero attached hydrogens (tertiary/aromatic N) is 5. The summed E-state index contributed by atoms with van der Waals surface area (Å²) < 4.78 is 29.2. The van der Waals surface area contributed by atoms with E-state index in [1.165, 1.54) is 16.9 Å². The lowest BCUT2D eigenvalue weighted by Gasteiger charge is -2.40. The van der Waals surface area contributed by atoms with Gasteiger partial charge in [0.25, 0.3) is 0 Å². The van der Waals surface area contributed by atoms with Gasteiger partial charge >= 0.3 is 0 Å². The van der Waals surface area contributed by atoms with Crippen LogP contribution in [-0.2, 0) is 21.9 Å². The van der Waals surface area contributed by atoms with Crippen LogP contribution < -0.4 is 0 Å². The number of hydrogen-bond acceptors (Lipinski definition) is 5. The van der Waals surface area contributed by atoms with E-state index in [4.69, 9.17) is 0 Å². The maximum Gasteiger partial charge on any atom is 0.246 e. The van der Waals surface area contributed by atoms with Gasteiger partial charge in [0.2, 0.25) is 15.9 Å². The molecule has 4 rings (SSSR count). The summed E-state index contributed by atoms with van der Waals surface area (Å²) in [6, 6.07) is 0.490. The van der Waals surface area contributed by atoms with Gasteiger partial charge in [-0.15, -0.1) is 0 Å². The Morgan fingerprint density at radius 1 is 1.11 bits per heavy atom. The minimum atomic E-state index is -3.61. The number of piperazine rings is 1. The van der Waals surface area contributed by atoms with Crippen molar-refractivity contribution < 1.29 is 13.2 Å². The highest BCUT2D eigenvalue weighted by atomic mass is 32.2. The van der Waals surface area contributed by atoms with Crippen molar-refractivity contribution in [2.45, 2.75) is 43.5 Å². The van der Waals surface area contributed by atoms with Crippen LogP contribution in [0.25, 0.3) is 0 Å². The lowest BCUT2D eigenvalue weighted by Crippen LogP contribution is -2.55. The summed E-state index contributed by atoms with van der Waals surface area (Å²) in [6.07, 6.45) is 5.28. The standard InChI is InChI=1S/C18H29N5O3S/c1-14-17(11-19-20(14)2)27(25,26)23-8-3-5-15(12-23)18(24)22-10-9-21-7-4-6-16(21)13-22/h11,15-16H,3-10,12-13H2,1-2H3/t15-,16+/m0/s1. The summed E-state index contributed by atoms with van der Waals surface area (Å²) in [5, 5.41) is 4.07. The number of rotatable bonds is 3. The van der Waals surface area contributed by atoms with Gasteiger partial charge in [0.05, 0.1) is 17.8 Å². The molecule has 1 aromatic rings. The monoisotopic (exact) mass is 395 g/mol. The van der Waals surface area contributed by atoms with E-state index in [0.29, 0.717) is 18.3 Å². The average Bonchev–Trinajstić information content (AvgIpc) is 3.27. The minimum Gasteiger partial charge on any atom is -0.340 e. The molecule has 2 atom stereocenters. The van der Waals surface area contributed by atoms with Crippen molar-refractivity contribution in [1.29, 1.82) is 0 Å². The zero-order valence-corrected chi connectivity index (χ0v) is 17.0. The Morgan fingerprint density at radius 2 is 1.89 bits per heavy atom. The van der Waals surface area contributed by atoms with Gasteiger partial charge in [0.1, 0.15) is 4.90 Å². The van der Waals surface area contributed by atoms with Crippen LogP contribution >= 0.6 is 0 Å². The lowest BCUT2D eigenvalue weighted by atomic mass is 9.97. The number of amides is 1. The Balaban J connectivity index is 1.46. The van der Waals surface area contributed by atoms with Crippen LogP contribution in [0, 0.1) is 12.8 Å². The number of piperidine rings is 1.